The second-order valence-corrected chi connectivity index (χ2v) is 10.7. The molecule has 0 aliphatic heterocycles. The summed E-state index contributed by atoms with van der Waals surface area (Å²) in [5.74, 6) is 0.582. The molecular weight excluding hydrogens is 514 g/mol. The third-order valence-corrected chi connectivity index (χ3v) is 8.02. The molecule has 6 nitrogen and oxygen atoms in total. The SMILES string of the molecule is COc1cccc(C(=O)Nc2ccc3nc(SCC(=O)NC(c4ccccc4)c4ccccc4)sc3c2)c1. The summed E-state index contributed by atoms with van der Waals surface area (Å²) in [6, 6.07) is 32.3. The van der Waals surface area contributed by atoms with Gasteiger partial charge in [0.1, 0.15) is 5.75 Å². The fourth-order valence-electron chi connectivity index (χ4n) is 3.99. The number of nitrogens with one attached hydrogen (secondary N) is 2. The smallest absolute Gasteiger partial charge is 0.255 e. The third kappa shape index (κ3) is 6.22. The lowest BCUT2D eigenvalue weighted by atomic mass is 9.99. The normalized spacial score (nSPS) is 10.9. The number of rotatable bonds is 9. The zero-order valence-corrected chi connectivity index (χ0v) is 22.2. The highest BCUT2D eigenvalue weighted by Crippen LogP contribution is 2.32. The molecule has 0 atom stereocenters. The Kier molecular flexibility index (Phi) is 8.01. The van der Waals surface area contributed by atoms with E-state index in [1.807, 2.05) is 78.9 Å². The van der Waals surface area contributed by atoms with Gasteiger partial charge in [-0.25, -0.2) is 4.98 Å². The molecule has 0 saturated heterocycles. The van der Waals surface area contributed by atoms with E-state index in [9.17, 15) is 9.59 Å². The van der Waals surface area contributed by atoms with Crippen molar-refractivity contribution in [2.24, 2.45) is 0 Å². The molecule has 8 heteroatoms. The average molecular weight is 540 g/mol. The molecule has 0 radical (unpaired) electrons. The van der Waals surface area contributed by atoms with Gasteiger partial charge in [0.2, 0.25) is 5.91 Å². The first-order valence-corrected chi connectivity index (χ1v) is 13.8. The Bertz CT molecular complexity index is 1520. The van der Waals surface area contributed by atoms with E-state index in [2.05, 4.69) is 15.6 Å². The highest BCUT2D eigenvalue weighted by Gasteiger charge is 2.17. The van der Waals surface area contributed by atoms with Crippen molar-refractivity contribution in [3.8, 4) is 5.75 Å². The summed E-state index contributed by atoms with van der Waals surface area (Å²) < 4.78 is 6.93. The van der Waals surface area contributed by atoms with Gasteiger partial charge in [-0.15, -0.1) is 11.3 Å². The first kappa shape index (κ1) is 25.5. The molecule has 5 aromatic rings. The van der Waals surface area contributed by atoms with Gasteiger partial charge in [0.05, 0.1) is 29.1 Å². The number of methoxy groups -OCH3 is 1. The van der Waals surface area contributed by atoms with Gasteiger partial charge >= 0.3 is 0 Å². The Morgan fingerprint density at radius 2 is 1.61 bits per heavy atom. The number of thiazole rings is 1. The van der Waals surface area contributed by atoms with E-state index in [4.69, 9.17) is 4.74 Å². The second-order valence-electron chi connectivity index (χ2n) is 8.46. The molecule has 0 saturated carbocycles. The maximum Gasteiger partial charge on any atom is 0.255 e. The number of anilines is 1. The van der Waals surface area contributed by atoms with Gasteiger partial charge < -0.3 is 15.4 Å². The highest BCUT2D eigenvalue weighted by atomic mass is 32.2. The summed E-state index contributed by atoms with van der Waals surface area (Å²) in [5, 5.41) is 6.10. The molecule has 2 N–H and O–H groups in total. The van der Waals surface area contributed by atoms with E-state index in [1.54, 1.807) is 31.4 Å². The number of aromatic nitrogens is 1. The number of carbonyl (C=O) groups is 2. The van der Waals surface area contributed by atoms with Crippen LogP contribution < -0.4 is 15.4 Å². The van der Waals surface area contributed by atoms with E-state index >= 15 is 0 Å². The minimum atomic E-state index is -0.225. The summed E-state index contributed by atoms with van der Waals surface area (Å²) in [5.41, 5.74) is 4.07. The Hall–Kier alpha value is -4.14. The quantitative estimate of drug-likeness (QED) is 0.208. The third-order valence-electron chi connectivity index (χ3n) is 5.86. The van der Waals surface area contributed by atoms with Crippen molar-refractivity contribution >= 4 is 50.8 Å². The fourth-order valence-corrected chi connectivity index (χ4v) is 5.91. The lowest BCUT2D eigenvalue weighted by Crippen LogP contribution is -2.30. The maximum atomic E-state index is 12.9. The van der Waals surface area contributed by atoms with Crippen LogP contribution in [0.1, 0.15) is 27.5 Å². The number of thioether (sulfide) groups is 1. The highest BCUT2D eigenvalue weighted by molar-refractivity contribution is 8.01. The predicted octanol–water partition coefficient (Wildman–Crippen LogP) is 6.56. The molecule has 0 fully saturated rings. The van der Waals surface area contributed by atoms with Crippen LogP contribution in [-0.4, -0.2) is 29.7 Å². The van der Waals surface area contributed by atoms with Gasteiger partial charge in [0, 0.05) is 11.3 Å². The van der Waals surface area contributed by atoms with E-state index in [0.717, 1.165) is 25.7 Å². The van der Waals surface area contributed by atoms with Crippen molar-refractivity contribution < 1.29 is 14.3 Å². The number of amides is 2. The largest absolute Gasteiger partial charge is 0.497 e. The molecule has 190 valence electrons. The minimum absolute atomic E-state index is 0.0711. The molecule has 0 aliphatic rings. The van der Waals surface area contributed by atoms with Crippen molar-refractivity contribution in [3.63, 3.8) is 0 Å². The molecular formula is C30H25N3O3S2. The van der Waals surface area contributed by atoms with Crippen LogP contribution in [0.3, 0.4) is 0 Å². The molecule has 0 aliphatic carbocycles. The van der Waals surface area contributed by atoms with Crippen molar-refractivity contribution in [2.45, 2.75) is 10.4 Å². The standard InChI is InChI=1S/C30H25N3O3S2/c1-36-24-14-8-13-22(17-24)29(35)31-23-15-16-25-26(18-23)38-30(32-25)37-19-27(34)33-28(20-9-4-2-5-10-20)21-11-6-3-7-12-21/h2-18,28H,19H2,1H3,(H,31,35)(H,33,34). The summed E-state index contributed by atoms with van der Waals surface area (Å²) in [4.78, 5) is 30.3. The van der Waals surface area contributed by atoms with Gasteiger partial charge in [0.25, 0.3) is 5.91 Å². The van der Waals surface area contributed by atoms with Crippen molar-refractivity contribution in [3.05, 3.63) is 120 Å². The molecule has 0 spiro atoms. The molecule has 0 unspecified atom stereocenters. The van der Waals surface area contributed by atoms with Crippen LogP contribution in [0, 0.1) is 0 Å². The summed E-state index contributed by atoms with van der Waals surface area (Å²) in [7, 11) is 1.57. The van der Waals surface area contributed by atoms with Crippen LogP contribution in [-0.2, 0) is 4.79 Å². The van der Waals surface area contributed by atoms with Gasteiger partial charge in [-0.3, -0.25) is 9.59 Å². The second kappa shape index (κ2) is 11.9. The van der Waals surface area contributed by atoms with Crippen LogP contribution in [0.25, 0.3) is 10.2 Å². The van der Waals surface area contributed by atoms with Crippen LogP contribution in [0.5, 0.6) is 5.75 Å². The van der Waals surface area contributed by atoms with E-state index in [-0.39, 0.29) is 23.6 Å². The van der Waals surface area contributed by atoms with Gasteiger partial charge in [-0.2, -0.15) is 0 Å². The first-order valence-electron chi connectivity index (χ1n) is 12.0. The Balaban J connectivity index is 1.24. The number of hydrogen-bond donors (Lipinski definition) is 2. The van der Waals surface area contributed by atoms with E-state index in [1.165, 1.54) is 23.1 Å². The first-order chi connectivity index (χ1) is 18.6. The van der Waals surface area contributed by atoms with E-state index < -0.39 is 0 Å². The fraction of sp³-hybridized carbons (Fsp3) is 0.100. The number of carbonyl (C=O) groups excluding carboxylic acids is 2. The summed E-state index contributed by atoms with van der Waals surface area (Å²) in [6.45, 7) is 0. The minimum Gasteiger partial charge on any atom is -0.497 e. The number of fused-ring (bicyclic) bond motifs is 1. The van der Waals surface area contributed by atoms with Gasteiger partial charge in [0.15, 0.2) is 4.34 Å². The maximum absolute atomic E-state index is 12.9. The molecule has 38 heavy (non-hydrogen) atoms. The van der Waals surface area contributed by atoms with Gasteiger partial charge in [-0.05, 0) is 47.5 Å². The summed E-state index contributed by atoms with van der Waals surface area (Å²) >= 11 is 2.90. The number of ether oxygens (including phenoxy) is 1. The van der Waals surface area contributed by atoms with Crippen LogP contribution in [0.2, 0.25) is 0 Å². The van der Waals surface area contributed by atoms with Crippen molar-refractivity contribution in [2.75, 3.05) is 18.2 Å². The number of nitrogens with zero attached hydrogens (tertiary/aromatic N) is 1. The van der Waals surface area contributed by atoms with Crippen molar-refractivity contribution in [1.29, 1.82) is 0 Å². The number of benzene rings is 4. The lowest BCUT2D eigenvalue weighted by molar-refractivity contribution is -0.119. The molecule has 0 bridgehead atoms. The predicted molar refractivity (Wildman–Crippen MR) is 154 cm³/mol. The molecule has 4 aromatic carbocycles. The van der Waals surface area contributed by atoms with Crippen LogP contribution in [0.4, 0.5) is 5.69 Å². The van der Waals surface area contributed by atoms with Crippen LogP contribution in [0.15, 0.2) is 107 Å². The Morgan fingerprint density at radius 1 is 0.895 bits per heavy atom. The topological polar surface area (TPSA) is 80.3 Å². The monoisotopic (exact) mass is 539 g/mol. The Labute approximate surface area is 229 Å². The molecule has 5 rings (SSSR count). The van der Waals surface area contributed by atoms with Crippen LogP contribution >= 0.6 is 23.1 Å². The number of hydrogen-bond acceptors (Lipinski definition) is 6. The Morgan fingerprint density at radius 3 is 2.29 bits per heavy atom. The zero-order chi connectivity index (χ0) is 26.3. The molecule has 1 heterocycles. The zero-order valence-electron chi connectivity index (χ0n) is 20.6. The summed E-state index contributed by atoms with van der Waals surface area (Å²) in [6.07, 6.45) is 0. The van der Waals surface area contributed by atoms with Crippen molar-refractivity contribution in [1.82, 2.24) is 10.3 Å². The molecule has 2 amide bonds. The van der Waals surface area contributed by atoms with E-state index in [0.29, 0.717) is 17.0 Å². The molecule has 1 aromatic heterocycles. The average Bonchev–Trinajstić information content (AvgIpc) is 3.38. The lowest BCUT2D eigenvalue weighted by Gasteiger charge is -2.19. The van der Waals surface area contributed by atoms with Gasteiger partial charge in [-0.1, -0.05) is 78.5 Å².